The van der Waals surface area contributed by atoms with E-state index >= 15 is 0 Å². The molecule has 0 bridgehead atoms. The third-order valence-corrected chi connectivity index (χ3v) is 0.999. The SMILES string of the molecule is [2H]C([2H])([2H])N(c1cc(N)ccn1)C([2H])([2H])[2H]. The van der Waals surface area contributed by atoms with Crippen molar-refractivity contribution in [1.82, 2.24) is 4.98 Å². The molecule has 1 rings (SSSR count). The van der Waals surface area contributed by atoms with Gasteiger partial charge in [0.25, 0.3) is 0 Å². The molecule has 0 atom stereocenters. The Morgan fingerprint density at radius 2 is 2.50 bits per heavy atom. The lowest BCUT2D eigenvalue weighted by Crippen LogP contribution is -2.10. The summed E-state index contributed by atoms with van der Waals surface area (Å²) < 4.78 is 43.0. The molecule has 3 heteroatoms. The van der Waals surface area contributed by atoms with Crippen molar-refractivity contribution in [2.24, 2.45) is 0 Å². The number of hydrogen-bond acceptors (Lipinski definition) is 3. The van der Waals surface area contributed by atoms with Gasteiger partial charge in [0.2, 0.25) is 0 Å². The van der Waals surface area contributed by atoms with Crippen LogP contribution in [0.4, 0.5) is 11.5 Å². The number of nitrogens with zero attached hydrogens (tertiary/aromatic N) is 2. The van der Waals surface area contributed by atoms with Gasteiger partial charge in [-0.3, -0.25) is 0 Å². The summed E-state index contributed by atoms with van der Waals surface area (Å²) in [7, 11) is 0. The molecule has 0 aliphatic heterocycles. The van der Waals surface area contributed by atoms with Crippen LogP contribution in [0, 0.1) is 0 Å². The third-order valence-electron chi connectivity index (χ3n) is 0.999. The van der Waals surface area contributed by atoms with Crippen LogP contribution in [0.25, 0.3) is 0 Å². The fraction of sp³-hybridized carbons (Fsp3) is 0.286. The standard InChI is InChI=1S/C7H11N3/c1-10(2)7-5-6(8)3-4-9-7/h3-5H,1-2H3,(H2,8,9)/i1D3,2D3. The molecule has 0 aliphatic rings. The second-order valence-electron chi connectivity index (χ2n) is 1.78. The lowest BCUT2D eigenvalue weighted by atomic mass is 10.4. The zero-order chi connectivity index (χ0) is 12.6. The van der Waals surface area contributed by atoms with E-state index in [-0.39, 0.29) is 16.4 Å². The zero-order valence-corrected chi connectivity index (χ0v) is 5.20. The summed E-state index contributed by atoms with van der Waals surface area (Å²) in [5.41, 5.74) is 5.70. The number of nitrogens with two attached hydrogens (primary N) is 1. The highest BCUT2D eigenvalue weighted by Crippen LogP contribution is 2.09. The Labute approximate surface area is 68.9 Å². The van der Waals surface area contributed by atoms with Crippen LogP contribution in [0.15, 0.2) is 18.3 Å². The minimum atomic E-state index is -2.80. The molecule has 0 unspecified atom stereocenters. The predicted octanol–water partition coefficient (Wildman–Crippen LogP) is 0.730. The molecule has 1 aromatic heterocycles. The molecule has 2 N–H and O–H groups in total. The largest absolute Gasteiger partial charge is 0.399 e. The maximum absolute atomic E-state index is 7.17. The van der Waals surface area contributed by atoms with Crippen LogP contribution >= 0.6 is 0 Å². The second-order valence-corrected chi connectivity index (χ2v) is 1.78. The predicted molar refractivity (Wildman–Crippen MR) is 43.0 cm³/mol. The monoisotopic (exact) mass is 143 g/mol. The van der Waals surface area contributed by atoms with E-state index in [4.69, 9.17) is 14.0 Å². The number of rotatable bonds is 1. The van der Waals surface area contributed by atoms with E-state index in [9.17, 15) is 0 Å². The molecule has 0 aromatic carbocycles. The molecule has 0 spiro atoms. The summed E-state index contributed by atoms with van der Waals surface area (Å²) in [6, 6.07) is 2.65. The fourth-order valence-corrected chi connectivity index (χ4v) is 0.556. The lowest BCUT2D eigenvalue weighted by molar-refractivity contribution is 1.07. The highest BCUT2D eigenvalue weighted by Gasteiger charge is 1.94. The van der Waals surface area contributed by atoms with Crippen molar-refractivity contribution >= 4 is 11.5 Å². The van der Waals surface area contributed by atoms with E-state index in [1.165, 1.54) is 18.3 Å². The Bertz CT molecular complexity index is 357. The third kappa shape index (κ3) is 1.37. The van der Waals surface area contributed by atoms with Crippen molar-refractivity contribution in [2.75, 3.05) is 24.6 Å². The van der Waals surface area contributed by atoms with Crippen LogP contribution in [-0.4, -0.2) is 18.9 Å². The van der Waals surface area contributed by atoms with Crippen molar-refractivity contribution in [2.45, 2.75) is 0 Å². The first-order valence-electron chi connectivity index (χ1n) is 5.64. The van der Waals surface area contributed by atoms with E-state index in [1.54, 1.807) is 0 Å². The van der Waals surface area contributed by atoms with E-state index in [1.807, 2.05) is 0 Å². The minimum Gasteiger partial charge on any atom is -0.399 e. The maximum Gasteiger partial charge on any atom is 0.130 e. The second kappa shape index (κ2) is 2.56. The first-order valence-corrected chi connectivity index (χ1v) is 2.64. The Morgan fingerprint density at radius 1 is 1.70 bits per heavy atom. The molecule has 54 valence electrons. The molecule has 10 heavy (non-hydrogen) atoms. The Hall–Kier alpha value is -1.25. The number of nitrogen functional groups attached to an aromatic ring is 1. The van der Waals surface area contributed by atoms with Gasteiger partial charge >= 0.3 is 0 Å². The zero-order valence-electron chi connectivity index (χ0n) is 11.2. The van der Waals surface area contributed by atoms with Crippen molar-refractivity contribution in [1.29, 1.82) is 0 Å². The molecule has 1 heterocycles. The smallest absolute Gasteiger partial charge is 0.130 e. The molecule has 0 radical (unpaired) electrons. The average molecular weight is 143 g/mol. The van der Waals surface area contributed by atoms with Gasteiger partial charge in [0.1, 0.15) is 5.82 Å². The lowest BCUT2D eigenvalue weighted by Gasteiger charge is -2.10. The number of aromatic nitrogens is 1. The summed E-state index contributed by atoms with van der Waals surface area (Å²) in [4.78, 5) is 3.99. The van der Waals surface area contributed by atoms with Crippen molar-refractivity contribution in [3.05, 3.63) is 18.3 Å². The van der Waals surface area contributed by atoms with Crippen molar-refractivity contribution < 1.29 is 8.22 Å². The summed E-state index contributed by atoms with van der Waals surface area (Å²) in [5.74, 6) is -0.194. The first kappa shape index (κ1) is 2.42. The summed E-state index contributed by atoms with van der Waals surface area (Å²) in [5, 5.41) is 0. The molecule has 0 aliphatic carbocycles. The van der Waals surface area contributed by atoms with Crippen molar-refractivity contribution in [3.63, 3.8) is 0 Å². The molecule has 0 amide bonds. The molecular formula is C7H11N3. The molecule has 1 aromatic rings. The van der Waals surface area contributed by atoms with Crippen LogP contribution in [-0.2, 0) is 0 Å². The average Bonchev–Trinajstić information content (AvgIpc) is 1.97. The van der Waals surface area contributed by atoms with Crippen LogP contribution in [0.1, 0.15) is 8.22 Å². The van der Waals surface area contributed by atoms with Gasteiger partial charge in [-0.25, -0.2) is 4.98 Å². The van der Waals surface area contributed by atoms with Crippen molar-refractivity contribution in [3.8, 4) is 0 Å². The number of pyridine rings is 1. The fourth-order valence-electron chi connectivity index (χ4n) is 0.556. The van der Waals surface area contributed by atoms with Gasteiger partial charge in [0.05, 0.1) is 0 Å². The quantitative estimate of drug-likeness (QED) is 0.630. The van der Waals surface area contributed by atoms with Gasteiger partial charge in [-0.1, -0.05) is 0 Å². The topological polar surface area (TPSA) is 42.1 Å². The normalized spacial score (nSPS) is 20.8. The van der Waals surface area contributed by atoms with E-state index < -0.39 is 14.0 Å². The highest BCUT2D eigenvalue weighted by molar-refractivity contribution is 5.49. The molecule has 3 nitrogen and oxygen atoms in total. The summed E-state index contributed by atoms with van der Waals surface area (Å²) >= 11 is 0. The summed E-state index contributed by atoms with van der Waals surface area (Å²) in [6.45, 7) is -5.60. The number of anilines is 2. The van der Waals surface area contributed by atoms with Gasteiger partial charge in [-0.2, -0.15) is 0 Å². The Kier molecular flexibility index (Phi) is 0.618. The Balaban J connectivity index is 3.23. The highest BCUT2D eigenvalue weighted by atomic mass is 15.1. The minimum absolute atomic E-state index is 0.194. The van der Waals surface area contributed by atoms with Gasteiger partial charge in [-0.15, -0.1) is 0 Å². The van der Waals surface area contributed by atoms with Crippen LogP contribution < -0.4 is 10.6 Å². The van der Waals surface area contributed by atoms with E-state index in [0.717, 1.165) is 0 Å². The summed E-state index contributed by atoms with van der Waals surface area (Å²) in [6.07, 6.45) is 1.26. The van der Waals surface area contributed by atoms with Gasteiger partial charge < -0.3 is 10.6 Å². The number of hydrogen-bond donors (Lipinski definition) is 1. The van der Waals surface area contributed by atoms with Gasteiger partial charge in [-0.05, 0) is 6.07 Å². The van der Waals surface area contributed by atoms with Crippen LogP contribution in [0.3, 0.4) is 0 Å². The van der Waals surface area contributed by atoms with Gasteiger partial charge in [0, 0.05) is 40.1 Å². The van der Waals surface area contributed by atoms with Crippen LogP contribution in [0.2, 0.25) is 0 Å². The van der Waals surface area contributed by atoms with E-state index in [2.05, 4.69) is 4.98 Å². The molecule has 0 fully saturated rings. The molecular weight excluding hydrogens is 126 g/mol. The maximum atomic E-state index is 7.17. The Morgan fingerprint density at radius 3 is 3.10 bits per heavy atom. The molecule has 0 saturated heterocycles. The first-order chi connectivity index (χ1) is 7.12. The van der Waals surface area contributed by atoms with E-state index in [0.29, 0.717) is 0 Å². The van der Waals surface area contributed by atoms with Crippen LogP contribution in [0.5, 0.6) is 0 Å². The molecule has 0 saturated carbocycles. The van der Waals surface area contributed by atoms with Gasteiger partial charge in [0.15, 0.2) is 0 Å².